The predicted molar refractivity (Wildman–Crippen MR) is 55.2 cm³/mol. The molecule has 0 radical (unpaired) electrons. The molecule has 4 nitrogen and oxygen atoms in total. The summed E-state index contributed by atoms with van der Waals surface area (Å²) in [5.41, 5.74) is 1.06. The first kappa shape index (κ1) is 9.68. The molecular formula is C9H13ClN4. The molecule has 1 aliphatic heterocycles. The van der Waals surface area contributed by atoms with Crippen LogP contribution in [0.4, 0.5) is 0 Å². The van der Waals surface area contributed by atoms with E-state index in [-0.39, 0.29) is 0 Å². The van der Waals surface area contributed by atoms with Crippen molar-refractivity contribution in [3.8, 4) is 0 Å². The van der Waals surface area contributed by atoms with Gasteiger partial charge >= 0.3 is 0 Å². The van der Waals surface area contributed by atoms with Gasteiger partial charge in [-0.25, -0.2) is 0 Å². The van der Waals surface area contributed by atoms with Crippen molar-refractivity contribution in [2.24, 2.45) is 0 Å². The van der Waals surface area contributed by atoms with Crippen LogP contribution in [0.25, 0.3) is 0 Å². The van der Waals surface area contributed by atoms with E-state index in [1.54, 1.807) is 6.33 Å². The van der Waals surface area contributed by atoms with Crippen molar-refractivity contribution >= 4 is 11.6 Å². The first-order chi connectivity index (χ1) is 6.79. The zero-order valence-electron chi connectivity index (χ0n) is 7.99. The average molecular weight is 213 g/mol. The molecule has 0 unspecified atom stereocenters. The van der Waals surface area contributed by atoms with Gasteiger partial charge in [0.15, 0.2) is 0 Å². The summed E-state index contributed by atoms with van der Waals surface area (Å²) in [5, 5.41) is 7.92. The van der Waals surface area contributed by atoms with E-state index in [1.807, 2.05) is 0 Å². The molecule has 0 spiro atoms. The van der Waals surface area contributed by atoms with Crippen LogP contribution in [0, 0.1) is 0 Å². The monoisotopic (exact) mass is 212 g/mol. The van der Waals surface area contributed by atoms with Crippen LogP contribution in [-0.4, -0.2) is 38.6 Å². The lowest BCUT2D eigenvalue weighted by Gasteiger charge is -2.27. The second kappa shape index (κ2) is 4.11. The van der Waals surface area contributed by atoms with Crippen molar-refractivity contribution in [3.63, 3.8) is 0 Å². The second-order valence-corrected chi connectivity index (χ2v) is 3.80. The fraction of sp³-hybridized carbons (Fsp3) is 0.556. The molecule has 1 aliphatic rings. The van der Waals surface area contributed by atoms with Crippen molar-refractivity contribution in [1.29, 1.82) is 0 Å². The van der Waals surface area contributed by atoms with Crippen LogP contribution in [-0.2, 0) is 13.1 Å². The molecule has 0 saturated carbocycles. The maximum atomic E-state index is 5.69. The highest BCUT2D eigenvalue weighted by Crippen LogP contribution is 2.10. The molecule has 1 aromatic rings. The number of aromatic nitrogens is 3. The van der Waals surface area contributed by atoms with Gasteiger partial charge in [0, 0.05) is 25.5 Å². The Hall–Kier alpha value is -0.870. The number of hydrogen-bond donors (Lipinski definition) is 0. The van der Waals surface area contributed by atoms with E-state index >= 15 is 0 Å². The Balaban J connectivity index is 1.97. The first-order valence-electron chi connectivity index (χ1n) is 4.61. The molecule has 0 fully saturated rings. The van der Waals surface area contributed by atoms with Crippen molar-refractivity contribution in [1.82, 2.24) is 19.7 Å². The number of halogens is 1. The zero-order chi connectivity index (χ0) is 9.97. The van der Waals surface area contributed by atoms with Crippen molar-refractivity contribution in [3.05, 3.63) is 24.3 Å². The number of alkyl halides is 1. The fourth-order valence-corrected chi connectivity index (χ4v) is 1.69. The first-order valence-corrected chi connectivity index (χ1v) is 5.14. The summed E-state index contributed by atoms with van der Waals surface area (Å²) in [5.74, 6) is 1.56. The average Bonchev–Trinajstić information content (AvgIpc) is 2.64. The van der Waals surface area contributed by atoms with Crippen LogP contribution in [0.5, 0.6) is 0 Å². The summed E-state index contributed by atoms with van der Waals surface area (Å²) < 4.78 is 2.08. The lowest BCUT2D eigenvalue weighted by molar-refractivity contribution is 0.235. The Morgan fingerprint density at radius 2 is 2.43 bits per heavy atom. The molecule has 0 atom stereocenters. The Kier molecular flexibility index (Phi) is 2.84. The number of fused-ring (bicyclic) bond motifs is 1. The quantitative estimate of drug-likeness (QED) is 0.551. The van der Waals surface area contributed by atoms with E-state index in [9.17, 15) is 0 Å². The molecule has 2 heterocycles. The topological polar surface area (TPSA) is 34.0 Å². The normalized spacial score (nSPS) is 16.6. The van der Waals surface area contributed by atoms with E-state index in [2.05, 4.69) is 26.2 Å². The highest BCUT2D eigenvalue weighted by Gasteiger charge is 2.17. The predicted octanol–water partition coefficient (Wildman–Crippen LogP) is 0.889. The molecule has 1 aromatic heterocycles. The van der Waals surface area contributed by atoms with Gasteiger partial charge in [-0.3, -0.25) is 4.90 Å². The van der Waals surface area contributed by atoms with Gasteiger partial charge in [0.05, 0.1) is 6.54 Å². The molecule has 0 aromatic carbocycles. The number of nitrogens with zero attached hydrogens (tertiary/aromatic N) is 4. The van der Waals surface area contributed by atoms with E-state index < -0.39 is 0 Å². The minimum atomic E-state index is 0.531. The fourth-order valence-electron chi connectivity index (χ4n) is 1.61. The smallest absolute Gasteiger partial charge is 0.147 e. The minimum absolute atomic E-state index is 0.531. The molecule has 0 saturated heterocycles. The third-order valence-electron chi connectivity index (χ3n) is 2.35. The molecule has 76 valence electrons. The van der Waals surface area contributed by atoms with E-state index in [4.69, 9.17) is 11.6 Å². The maximum absolute atomic E-state index is 5.69. The molecule has 0 N–H and O–H groups in total. The number of rotatable bonds is 3. The van der Waals surface area contributed by atoms with Crippen LogP contribution >= 0.6 is 11.6 Å². The molecule has 0 aliphatic carbocycles. The molecule has 14 heavy (non-hydrogen) atoms. The minimum Gasteiger partial charge on any atom is -0.315 e. The summed E-state index contributed by atoms with van der Waals surface area (Å²) in [6.07, 6.45) is 1.78. The Bertz CT molecular complexity index is 333. The van der Waals surface area contributed by atoms with Gasteiger partial charge < -0.3 is 4.57 Å². The molecule has 2 rings (SSSR count). The van der Waals surface area contributed by atoms with Gasteiger partial charge in [-0.1, -0.05) is 6.58 Å². The highest BCUT2D eigenvalue weighted by atomic mass is 35.5. The van der Waals surface area contributed by atoms with Gasteiger partial charge in [0.2, 0.25) is 0 Å². The zero-order valence-corrected chi connectivity index (χ0v) is 8.74. The summed E-state index contributed by atoms with van der Waals surface area (Å²) in [6, 6.07) is 0. The standard InChI is InChI=1S/C9H13ClN4/c1-8(4-10)5-13-2-3-14-7-11-12-9(14)6-13/h7H,1-6H2. The highest BCUT2D eigenvalue weighted by molar-refractivity contribution is 6.19. The summed E-state index contributed by atoms with van der Waals surface area (Å²) >= 11 is 5.69. The Morgan fingerprint density at radius 1 is 1.57 bits per heavy atom. The summed E-state index contributed by atoms with van der Waals surface area (Å²) in [6.45, 7) is 7.57. The molecular weight excluding hydrogens is 200 g/mol. The Labute approximate surface area is 88.2 Å². The van der Waals surface area contributed by atoms with Gasteiger partial charge in [-0.2, -0.15) is 0 Å². The van der Waals surface area contributed by atoms with Gasteiger partial charge in [-0.05, 0) is 5.57 Å². The lowest BCUT2D eigenvalue weighted by atomic mass is 10.3. The van der Waals surface area contributed by atoms with Gasteiger partial charge in [-0.15, -0.1) is 21.8 Å². The van der Waals surface area contributed by atoms with Crippen LogP contribution < -0.4 is 0 Å². The molecule has 0 bridgehead atoms. The van der Waals surface area contributed by atoms with Crippen LogP contribution in [0.15, 0.2) is 18.5 Å². The number of hydrogen-bond acceptors (Lipinski definition) is 3. The van der Waals surface area contributed by atoms with Crippen molar-refractivity contribution < 1.29 is 0 Å². The molecule has 5 heteroatoms. The van der Waals surface area contributed by atoms with E-state index in [0.29, 0.717) is 5.88 Å². The third-order valence-corrected chi connectivity index (χ3v) is 2.73. The van der Waals surface area contributed by atoms with Crippen molar-refractivity contribution in [2.45, 2.75) is 13.1 Å². The largest absolute Gasteiger partial charge is 0.315 e. The van der Waals surface area contributed by atoms with Crippen LogP contribution in [0.1, 0.15) is 5.82 Å². The summed E-state index contributed by atoms with van der Waals surface area (Å²) in [4.78, 5) is 2.29. The lowest BCUT2D eigenvalue weighted by Crippen LogP contribution is -2.35. The summed E-state index contributed by atoms with van der Waals surface area (Å²) in [7, 11) is 0. The van der Waals surface area contributed by atoms with E-state index in [1.165, 1.54) is 0 Å². The van der Waals surface area contributed by atoms with Crippen LogP contribution in [0.3, 0.4) is 0 Å². The van der Waals surface area contributed by atoms with Crippen LogP contribution in [0.2, 0.25) is 0 Å². The second-order valence-electron chi connectivity index (χ2n) is 3.53. The molecule has 0 amide bonds. The van der Waals surface area contributed by atoms with Crippen molar-refractivity contribution in [2.75, 3.05) is 19.0 Å². The Morgan fingerprint density at radius 3 is 3.21 bits per heavy atom. The van der Waals surface area contributed by atoms with Gasteiger partial charge in [0.25, 0.3) is 0 Å². The van der Waals surface area contributed by atoms with E-state index in [0.717, 1.165) is 37.6 Å². The third kappa shape index (κ3) is 1.96. The maximum Gasteiger partial charge on any atom is 0.147 e. The SMILES string of the molecule is C=C(CCl)CN1CCn2cnnc2C1. The van der Waals surface area contributed by atoms with Gasteiger partial charge in [0.1, 0.15) is 12.2 Å².